The summed E-state index contributed by atoms with van der Waals surface area (Å²) in [6.45, 7) is 0.751. The second kappa shape index (κ2) is 8.21. The molecule has 7 nitrogen and oxygen atoms in total. The Kier molecular flexibility index (Phi) is 6.02. The molecule has 24 heavy (non-hydrogen) atoms. The largest absolute Gasteiger partial charge is 0.352 e. The lowest BCUT2D eigenvalue weighted by atomic mass is 10.2. The highest BCUT2D eigenvalue weighted by Crippen LogP contribution is 2.12. The molecule has 1 heterocycles. The molecule has 0 spiro atoms. The molecule has 2 aromatic rings. The van der Waals surface area contributed by atoms with E-state index in [-0.39, 0.29) is 30.5 Å². The number of hydrogen-bond acceptors (Lipinski definition) is 5. The average Bonchev–Trinajstić information content (AvgIpc) is 3.07. The van der Waals surface area contributed by atoms with Crippen molar-refractivity contribution in [3.63, 3.8) is 0 Å². The Balaban J connectivity index is 1.77. The number of benzene rings is 1. The van der Waals surface area contributed by atoms with Crippen LogP contribution in [0.15, 0.2) is 41.1 Å². The minimum absolute atomic E-state index is 0.0646. The first-order valence-corrected chi connectivity index (χ1v) is 8.19. The third kappa shape index (κ3) is 4.88. The van der Waals surface area contributed by atoms with Crippen molar-refractivity contribution in [2.45, 2.75) is 13.0 Å². The third-order valence-electron chi connectivity index (χ3n) is 3.39. The van der Waals surface area contributed by atoms with Crippen LogP contribution >= 0.6 is 11.3 Å². The van der Waals surface area contributed by atoms with Gasteiger partial charge in [-0.05, 0) is 34.5 Å². The highest BCUT2D eigenvalue weighted by atomic mass is 32.1. The van der Waals surface area contributed by atoms with Crippen LogP contribution in [-0.2, 0) is 11.3 Å². The molecular weight excluding hydrogens is 330 g/mol. The summed E-state index contributed by atoms with van der Waals surface area (Å²) < 4.78 is 0. The van der Waals surface area contributed by atoms with Crippen LogP contribution in [0, 0.1) is 10.1 Å². The molecule has 0 bridgehead atoms. The first-order valence-electron chi connectivity index (χ1n) is 7.25. The van der Waals surface area contributed by atoms with Crippen LogP contribution in [0.5, 0.6) is 0 Å². The Bertz CT molecular complexity index is 713. The number of amides is 2. The van der Waals surface area contributed by atoms with E-state index in [1.54, 1.807) is 23.3 Å². The molecule has 2 amide bonds. The van der Waals surface area contributed by atoms with E-state index in [4.69, 9.17) is 0 Å². The van der Waals surface area contributed by atoms with E-state index in [2.05, 4.69) is 5.32 Å². The summed E-state index contributed by atoms with van der Waals surface area (Å²) in [4.78, 5) is 35.6. The molecule has 0 saturated heterocycles. The molecule has 1 aromatic heterocycles. The number of nitrogens with one attached hydrogen (secondary N) is 1. The highest BCUT2D eigenvalue weighted by Gasteiger charge is 2.12. The number of nitro benzene ring substituents is 1. The van der Waals surface area contributed by atoms with Crippen molar-refractivity contribution in [3.8, 4) is 0 Å². The van der Waals surface area contributed by atoms with Gasteiger partial charge in [-0.3, -0.25) is 19.7 Å². The van der Waals surface area contributed by atoms with Gasteiger partial charge in [0, 0.05) is 44.3 Å². The normalized spacial score (nSPS) is 10.2. The molecule has 0 fully saturated rings. The van der Waals surface area contributed by atoms with E-state index in [0.717, 1.165) is 5.56 Å². The molecule has 2 rings (SSSR count). The fourth-order valence-corrected chi connectivity index (χ4v) is 2.71. The molecule has 8 heteroatoms. The lowest BCUT2D eigenvalue weighted by Crippen LogP contribution is -2.31. The zero-order chi connectivity index (χ0) is 17.5. The van der Waals surface area contributed by atoms with Crippen LogP contribution in [0.2, 0.25) is 0 Å². The van der Waals surface area contributed by atoms with Gasteiger partial charge in [0.15, 0.2) is 0 Å². The summed E-state index contributed by atoms with van der Waals surface area (Å²) in [5, 5.41) is 17.2. The van der Waals surface area contributed by atoms with Gasteiger partial charge in [0.2, 0.25) is 5.91 Å². The summed E-state index contributed by atoms with van der Waals surface area (Å²) >= 11 is 1.58. The van der Waals surface area contributed by atoms with Crippen LogP contribution in [0.4, 0.5) is 5.69 Å². The van der Waals surface area contributed by atoms with E-state index in [9.17, 15) is 19.7 Å². The molecule has 0 aliphatic rings. The average molecular weight is 347 g/mol. The van der Waals surface area contributed by atoms with Crippen LogP contribution in [0.25, 0.3) is 0 Å². The predicted molar refractivity (Wildman–Crippen MR) is 90.8 cm³/mol. The molecule has 1 aromatic carbocycles. The van der Waals surface area contributed by atoms with E-state index < -0.39 is 4.92 Å². The fraction of sp³-hybridized carbons (Fsp3) is 0.250. The van der Waals surface area contributed by atoms with Crippen LogP contribution < -0.4 is 5.32 Å². The van der Waals surface area contributed by atoms with Crippen LogP contribution in [0.3, 0.4) is 0 Å². The van der Waals surface area contributed by atoms with Gasteiger partial charge in [-0.2, -0.15) is 11.3 Å². The van der Waals surface area contributed by atoms with Gasteiger partial charge in [0.25, 0.3) is 11.6 Å². The quantitative estimate of drug-likeness (QED) is 0.615. The van der Waals surface area contributed by atoms with Crippen molar-refractivity contribution in [2.24, 2.45) is 0 Å². The minimum Gasteiger partial charge on any atom is -0.352 e. The molecule has 0 atom stereocenters. The standard InChI is InChI=1S/C16H17N3O4S/c1-18(10-12-7-9-24-11-12)15(20)6-8-17-16(21)13-2-4-14(5-3-13)19(22)23/h2-5,7,9,11H,6,8,10H2,1H3,(H,17,21). The zero-order valence-electron chi connectivity index (χ0n) is 13.1. The molecule has 126 valence electrons. The first kappa shape index (κ1) is 17.6. The molecule has 0 aliphatic carbocycles. The maximum Gasteiger partial charge on any atom is 0.269 e. The van der Waals surface area contributed by atoms with Crippen LogP contribution in [0.1, 0.15) is 22.3 Å². The second-order valence-corrected chi connectivity index (χ2v) is 5.97. The number of non-ortho nitro benzene ring substituents is 1. The Morgan fingerprint density at radius 1 is 1.25 bits per heavy atom. The Morgan fingerprint density at radius 3 is 2.54 bits per heavy atom. The predicted octanol–water partition coefficient (Wildman–Crippen LogP) is 2.43. The third-order valence-corrected chi connectivity index (χ3v) is 4.12. The Hall–Kier alpha value is -2.74. The fourth-order valence-electron chi connectivity index (χ4n) is 2.06. The smallest absolute Gasteiger partial charge is 0.269 e. The summed E-state index contributed by atoms with van der Waals surface area (Å²) in [6.07, 6.45) is 0.194. The van der Waals surface area contributed by atoms with Crippen molar-refractivity contribution >= 4 is 28.8 Å². The summed E-state index contributed by atoms with van der Waals surface area (Å²) in [5.74, 6) is -0.427. The van der Waals surface area contributed by atoms with Gasteiger partial charge in [0.05, 0.1) is 4.92 Å². The van der Waals surface area contributed by atoms with Crippen molar-refractivity contribution < 1.29 is 14.5 Å². The van der Waals surface area contributed by atoms with E-state index in [0.29, 0.717) is 12.1 Å². The number of carbonyl (C=O) groups excluding carboxylic acids is 2. The number of hydrogen-bond donors (Lipinski definition) is 1. The molecule has 0 saturated carbocycles. The van der Waals surface area contributed by atoms with Gasteiger partial charge in [0.1, 0.15) is 0 Å². The van der Waals surface area contributed by atoms with E-state index in [1.807, 2.05) is 16.8 Å². The minimum atomic E-state index is -0.524. The topological polar surface area (TPSA) is 92.6 Å². The number of nitro groups is 1. The number of rotatable bonds is 7. The summed E-state index contributed by atoms with van der Waals surface area (Å²) in [7, 11) is 1.72. The maximum atomic E-state index is 12.0. The van der Waals surface area contributed by atoms with Gasteiger partial charge in [-0.15, -0.1) is 0 Å². The maximum absolute atomic E-state index is 12.0. The number of thiophene rings is 1. The van der Waals surface area contributed by atoms with E-state index >= 15 is 0 Å². The van der Waals surface area contributed by atoms with Crippen molar-refractivity contribution in [1.82, 2.24) is 10.2 Å². The number of nitrogens with zero attached hydrogens (tertiary/aromatic N) is 2. The Morgan fingerprint density at radius 2 is 1.96 bits per heavy atom. The van der Waals surface area contributed by atoms with Gasteiger partial charge < -0.3 is 10.2 Å². The molecule has 1 N–H and O–H groups in total. The lowest BCUT2D eigenvalue weighted by molar-refractivity contribution is -0.384. The molecule has 0 radical (unpaired) electrons. The molecule has 0 unspecified atom stereocenters. The first-order chi connectivity index (χ1) is 11.5. The zero-order valence-corrected chi connectivity index (χ0v) is 13.9. The summed E-state index contributed by atoms with van der Waals surface area (Å²) in [5.41, 5.74) is 1.32. The van der Waals surface area contributed by atoms with Crippen LogP contribution in [-0.4, -0.2) is 35.2 Å². The summed E-state index contributed by atoms with van der Waals surface area (Å²) in [6, 6.07) is 7.28. The highest BCUT2D eigenvalue weighted by molar-refractivity contribution is 7.07. The van der Waals surface area contributed by atoms with Crippen molar-refractivity contribution in [3.05, 3.63) is 62.3 Å². The second-order valence-electron chi connectivity index (χ2n) is 5.19. The van der Waals surface area contributed by atoms with Gasteiger partial charge in [-0.25, -0.2) is 0 Å². The SMILES string of the molecule is CN(Cc1ccsc1)C(=O)CCNC(=O)c1ccc([N+](=O)[O-])cc1. The lowest BCUT2D eigenvalue weighted by Gasteiger charge is -2.16. The van der Waals surface area contributed by atoms with Gasteiger partial charge >= 0.3 is 0 Å². The van der Waals surface area contributed by atoms with Crippen molar-refractivity contribution in [1.29, 1.82) is 0 Å². The van der Waals surface area contributed by atoms with E-state index in [1.165, 1.54) is 24.3 Å². The Labute approximate surface area is 143 Å². The van der Waals surface area contributed by atoms with Gasteiger partial charge in [-0.1, -0.05) is 0 Å². The number of carbonyl (C=O) groups is 2. The molecular formula is C16H17N3O4S. The monoisotopic (exact) mass is 347 g/mol. The molecule has 0 aliphatic heterocycles. The van der Waals surface area contributed by atoms with Crippen molar-refractivity contribution in [2.75, 3.05) is 13.6 Å².